The second kappa shape index (κ2) is 45.7. The van der Waals surface area contributed by atoms with Gasteiger partial charge in [0.05, 0.1) is 50.7 Å². The lowest BCUT2D eigenvalue weighted by atomic mass is 9.88. The van der Waals surface area contributed by atoms with E-state index in [0.29, 0.717) is 12.8 Å². The average Bonchev–Trinajstić information content (AvgIpc) is 1.14. The molecule has 3 aliphatic rings. The summed E-state index contributed by atoms with van der Waals surface area (Å²) in [6.45, 7) is 2.12. The lowest BCUT2D eigenvalue weighted by Crippen LogP contribution is -2.70. The van der Waals surface area contributed by atoms with Crippen LogP contribution in [-0.2, 0) is 42.8 Å². The molecule has 0 radical (unpaired) electrons. The molecule has 0 aliphatic carbocycles. The number of carbonyl (C=O) groups is 3. The minimum absolute atomic E-state index is 0.203. The van der Waals surface area contributed by atoms with Crippen molar-refractivity contribution in [2.45, 2.75) is 349 Å². The Balaban J connectivity index is 1.60. The molecule has 0 aromatic heterocycles. The Morgan fingerprint density at radius 2 is 1.07 bits per heavy atom. The smallest absolute Gasteiger partial charge is 0.364 e. The molecule has 3 saturated heterocycles. The Morgan fingerprint density at radius 3 is 1.53 bits per heavy atom. The van der Waals surface area contributed by atoms with Gasteiger partial charge in [0.15, 0.2) is 12.6 Å². The third-order valence-electron chi connectivity index (χ3n) is 17.2. The minimum Gasteiger partial charge on any atom is -0.477 e. The van der Waals surface area contributed by atoms with Gasteiger partial charge in [-0.1, -0.05) is 212 Å². The summed E-state index contributed by atoms with van der Waals surface area (Å²) >= 11 is 0. The molecular weight excluding hydrogens is 1130 g/mol. The number of unbranched alkanes of at least 4 members (excludes halogenated alkanes) is 30. The van der Waals surface area contributed by atoms with Gasteiger partial charge in [-0.05, 0) is 19.3 Å². The zero-order valence-corrected chi connectivity index (χ0v) is 52.9. The molecule has 0 spiro atoms. The monoisotopic (exact) mass is 1250 g/mol. The molecule has 0 saturated carbocycles. The molecule has 3 fully saturated rings. The molecule has 3 aliphatic heterocycles. The van der Waals surface area contributed by atoms with Crippen molar-refractivity contribution in [1.29, 1.82) is 0 Å². The molecule has 23 heteroatoms. The quantitative estimate of drug-likeness (QED) is 0.0278. The van der Waals surface area contributed by atoms with Crippen LogP contribution in [0.5, 0.6) is 0 Å². The topological polar surface area (TPSA) is 373 Å². The highest BCUT2D eigenvalue weighted by Crippen LogP contribution is 2.39. The van der Waals surface area contributed by atoms with Gasteiger partial charge in [-0.3, -0.25) is 9.59 Å². The van der Waals surface area contributed by atoms with Crippen molar-refractivity contribution in [1.82, 2.24) is 10.6 Å². The lowest BCUT2D eigenvalue weighted by molar-refractivity contribution is -0.386. The van der Waals surface area contributed by atoms with Crippen LogP contribution < -0.4 is 10.6 Å². The first-order valence-electron chi connectivity index (χ1n) is 33.6. The van der Waals surface area contributed by atoms with Crippen molar-refractivity contribution >= 4 is 17.8 Å². The second-order valence-electron chi connectivity index (χ2n) is 24.7. The lowest BCUT2D eigenvalue weighted by Gasteiger charge is -2.50. The van der Waals surface area contributed by atoms with Crippen LogP contribution >= 0.6 is 0 Å². The number of allylic oxidation sites excluding steroid dienone is 1. The summed E-state index contributed by atoms with van der Waals surface area (Å²) in [5.74, 6) is -6.14. The normalized spacial score (nSPS) is 29.2. The molecule has 3 heterocycles. The number of amides is 2. The summed E-state index contributed by atoms with van der Waals surface area (Å²) in [5, 5.41) is 136. The number of rotatable bonds is 50. The summed E-state index contributed by atoms with van der Waals surface area (Å²) in [6.07, 6.45) is 12.8. The third kappa shape index (κ3) is 28.9. The Labute approximate surface area is 518 Å². The van der Waals surface area contributed by atoms with E-state index in [-0.39, 0.29) is 12.3 Å². The first-order valence-corrected chi connectivity index (χ1v) is 33.6. The summed E-state index contributed by atoms with van der Waals surface area (Å²) in [7, 11) is 0. The van der Waals surface area contributed by atoms with Gasteiger partial charge in [-0.2, -0.15) is 0 Å². The van der Waals surface area contributed by atoms with E-state index in [1.165, 1.54) is 148 Å². The zero-order valence-electron chi connectivity index (χ0n) is 52.9. The third-order valence-corrected chi connectivity index (χ3v) is 17.2. The number of carbonyl (C=O) groups excluding carboxylic acids is 2. The molecule has 0 aromatic rings. The van der Waals surface area contributed by atoms with Gasteiger partial charge in [-0.15, -0.1) is 0 Å². The van der Waals surface area contributed by atoms with Gasteiger partial charge in [0.25, 0.3) is 5.79 Å². The highest BCUT2D eigenvalue weighted by atomic mass is 16.8. The number of carboxylic acids is 1. The predicted molar refractivity (Wildman–Crippen MR) is 325 cm³/mol. The fourth-order valence-corrected chi connectivity index (χ4v) is 11.8. The maximum atomic E-state index is 13.4. The van der Waals surface area contributed by atoms with E-state index >= 15 is 0 Å². The molecule has 0 aromatic carbocycles. The number of hydrogen-bond acceptors (Lipinski definition) is 20. The molecule has 510 valence electrons. The van der Waals surface area contributed by atoms with E-state index < -0.39 is 155 Å². The fourth-order valence-electron chi connectivity index (χ4n) is 11.8. The van der Waals surface area contributed by atoms with Crippen LogP contribution in [0.1, 0.15) is 239 Å². The summed E-state index contributed by atoms with van der Waals surface area (Å²) < 4.78 is 34.7. The average molecular weight is 1250 g/mol. The maximum Gasteiger partial charge on any atom is 0.364 e. The Morgan fingerprint density at radius 1 is 0.598 bits per heavy atom. The fraction of sp³-hybridized carbons (Fsp3) is 0.922. The molecule has 18 unspecified atom stereocenters. The van der Waals surface area contributed by atoms with Crippen molar-refractivity contribution in [3.05, 3.63) is 12.2 Å². The standard InChI is InChI=1S/C64H118N2O21/c1-4-6-8-10-12-14-16-17-18-19-20-21-22-23-24-25-26-28-29-31-33-35-37-46(71)45(66-51(74)38-36-34-32-30-27-15-13-11-9-7-5-2)43-82-61-56(78)55(77)58(50(42-69)84-61)85-62-57(79)60(54(76)49(41-68)83-62)87-64(63(80)81)39-47(72)52(65-44(3)70)59(86-64)53(75)48(73)40-67/h35,37,45-50,52-62,67-69,71-73,75-79H,4-34,36,38-43H2,1-3H3,(H,65,70)(H,66,74)(H,80,81)/b37-35+. The summed E-state index contributed by atoms with van der Waals surface area (Å²) in [5.41, 5.74) is 0. The first kappa shape index (κ1) is 78.7. The van der Waals surface area contributed by atoms with Crippen LogP contribution in [0.2, 0.25) is 0 Å². The molecule has 18 atom stereocenters. The Bertz CT molecular complexity index is 1820. The number of aliphatic carboxylic acids is 1. The number of aliphatic hydroxyl groups excluding tert-OH is 11. The Hall–Kier alpha value is -2.53. The van der Waals surface area contributed by atoms with Gasteiger partial charge in [0.2, 0.25) is 11.8 Å². The SMILES string of the molecule is CCCCCCCCCCCCCCCCCCCCCC/C=C/C(O)C(COC1OC(CO)C(OC2OC(CO)C(O)C(OC3(C(=O)O)CC(O)C(NC(C)=O)C(C(O)C(O)CO)O3)C2O)C(O)C1O)NC(=O)CCCCCCCCCCCCC. The Kier molecular flexibility index (Phi) is 41.3. The number of carboxylic acid groups (broad SMARTS) is 1. The van der Waals surface area contributed by atoms with E-state index in [1.54, 1.807) is 6.08 Å². The molecule has 0 bridgehead atoms. The summed E-state index contributed by atoms with van der Waals surface area (Å²) in [4.78, 5) is 38.4. The van der Waals surface area contributed by atoms with Crippen molar-refractivity contribution in [2.75, 3.05) is 26.4 Å². The van der Waals surface area contributed by atoms with Crippen LogP contribution in [-0.4, -0.2) is 215 Å². The maximum absolute atomic E-state index is 13.4. The minimum atomic E-state index is -3.08. The van der Waals surface area contributed by atoms with Gasteiger partial charge >= 0.3 is 5.97 Å². The van der Waals surface area contributed by atoms with E-state index in [1.807, 2.05) is 6.08 Å². The molecule has 14 N–H and O–H groups in total. The van der Waals surface area contributed by atoms with E-state index in [0.717, 1.165) is 51.9 Å². The van der Waals surface area contributed by atoms with Crippen molar-refractivity contribution in [2.24, 2.45) is 0 Å². The molecule has 23 nitrogen and oxygen atoms in total. The molecule has 87 heavy (non-hydrogen) atoms. The van der Waals surface area contributed by atoms with Crippen LogP contribution in [0.3, 0.4) is 0 Å². The van der Waals surface area contributed by atoms with Crippen LogP contribution in [0, 0.1) is 0 Å². The largest absolute Gasteiger partial charge is 0.477 e. The highest BCUT2D eigenvalue weighted by Gasteiger charge is 2.60. The summed E-state index contributed by atoms with van der Waals surface area (Å²) in [6, 6.07) is -2.61. The zero-order chi connectivity index (χ0) is 64.0. The predicted octanol–water partition coefficient (Wildman–Crippen LogP) is 5.12. The molecule has 2 amide bonds. The van der Waals surface area contributed by atoms with Crippen LogP contribution in [0.4, 0.5) is 0 Å². The van der Waals surface area contributed by atoms with E-state index in [2.05, 4.69) is 24.5 Å². The highest BCUT2D eigenvalue weighted by molar-refractivity contribution is 5.77. The number of nitrogens with one attached hydrogen (secondary N) is 2. The van der Waals surface area contributed by atoms with Crippen molar-refractivity contribution in [3.63, 3.8) is 0 Å². The van der Waals surface area contributed by atoms with Crippen LogP contribution in [0.25, 0.3) is 0 Å². The van der Waals surface area contributed by atoms with Crippen LogP contribution in [0.15, 0.2) is 12.2 Å². The van der Waals surface area contributed by atoms with Crippen molar-refractivity contribution in [3.8, 4) is 0 Å². The number of hydrogen-bond donors (Lipinski definition) is 14. The number of ether oxygens (including phenoxy) is 6. The van der Waals surface area contributed by atoms with Gasteiger partial charge in [0, 0.05) is 19.8 Å². The van der Waals surface area contributed by atoms with E-state index in [4.69, 9.17) is 28.4 Å². The van der Waals surface area contributed by atoms with E-state index in [9.17, 15) is 75.7 Å². The van der Waals surface area contributed by atoms with Gasteiger partial charge in [0.1, 0.15) is 67.1 Å². The van der Waals surface area contributed by atoms with Crippen molar-refractivity contribution < 1.29 is 104 Å². The molecular formula is C64H118N2O21. The van der Waals surface area contributed by atoms with Gasteiger partial charge < -0.3 is 100 Å². The van der Waals surface area contributed by atoms with Gasteiger partial charge in [-0.25, -0.2) is 4.79 Å². The first-order chi connectivity index (χ1) is 41.9. The second-order valence-corrected chi connectivity index (χ2v) is 24.7. The molecule has 3 rings (SSSR count). The number of aliphatic hydroxyl groups is 11.